The number of ketones is 3. The second kappa shape index (κ2) is 41.5. The van der Waals surface area contributed by atoms with Gasteiger partial charge in [-0.1, -0.05) is 172 Å². The predicted molar refractivity (Wildman–Crippen MR) is 389 cm³/mol. The van der Waals surface area contributed by atoms with Crippen LogP contribution < -0.4 is 0 Å². The van der Waals surface area contributed by atoms with E-state index in [1.807, 2.05) is 180 Å². The Morgan fingerprint density at radius 3 is 0.989 bits per heavy atom. The zero-order valence-electron chi connectivity index (χ0n) is 58.0. The lowest BCUT2D eigenvalue weighted by atomic mass is 9.89. The van der Waals surface area contributed by atoms with Crippen LogP contribution in [0.1, 0.15) is 143 Å². The highest BCUT2D eigenvalue weighted by molar-refractivity contribution is 6.71. The maximum absolute atomic E-state index is 12.9. The van der Waals surface area contributed by atoms with Gasteiger partial charge in [-0.25, -0.2) is 0 Å². The summed E-state index contributed by atoms with van der Waals surface area (Å²) in [4.78, 5) is 46.1. The second-order valence-electron chi connectivity index (χ2n) is 25.8. The number of hydrogen-bond acceptors (Lipinski definition) is 10. The van der Waals surface area contributed by atoms with Crippen LogP contribution in [0.5, 0.6) is 0 Å². The molecule has 0 saturated carbocycles. The molecule has 0 spiro atoms. The van der Waals surface area contributed by atoms with E-state index in [9.17, 15) is 29.7 Å². The summed E-state index contributed by atoms with van der Waals surface area (Å²) in [5.74, 6) is 0.421. The molecule has 0 aliphatic rings. The number of rotatable bonds is 28. The molecule has 0 radical (unpaired) electrons. The largest absolute Gasteiger partial charge is 0.405 e. The summed E-state index contributed by atoms with van der Waals surface area (Å²) in [5, 5.41) is 18.5. The van der Waals surface area contributed by atoms with E-state index < -0.39 is 56.7 Å². The summed E-state index contributed by atoms with van der Waals surface area (Å²) in [6.07, 6.45) is 14.8. The number of nitriles is 2. The number of hydrogen-bond donors (Lipinski definition) is 0. The van der Waals surface area contributed by atoms with Crippen molar-refractivity contribution in [2.75, 3.05) is 0 Å². The molecule has 14 heteroatoms. The highest BCUT2D eigenvalue weighted by Gasteiger charge is 2.39. The van der Waals surface area contributed by atoms with Gasteiger partial charge in [0, 0.05) is 23.1 Å². The minimum atomic E-state index is -1.79. The lowest BCUT2D eigenvalue weighted by Gasteiger charge is -2.34. The van der Waals surface area contributed by atoms with Gasteiger partial charge in [-0.05, 0) is 183 Å². The molecule has 5 rings (SSSR count). The van der Waals surface area contributed by atoms with Crippen LogP contribution >= 0.6 is 0 Å². The Morgan fingerprint density at radius 2 is 0.722 bits per heavy atom. The summed E-state index contributed by atoms with van der Waals surface area (Å²) >= 11 is 0. The Balaban J connectivity index is 0.00000109. The van der Waals surface area contributed by atoms with E-state index >= 15 is 0 Å². The Hall–Kier alpha value is -6.83. The first kappa shape index (κ1) is 83.2. The lowest BCUT2D eigenvalue weighted by Crippen LogP contribution is -2.46. The second-order valence-corrected chi connectivity index (χ2v) is 43.6. The fraction of sp³-hybridized carbons (Fsp3) is 0.395. The topological polar surface area (TPSA) is 153 Å². The molecule has 4 atom stereocenters. The van der Waals surface area contributed by atoms with Crippen molar-refractivity contribution in [1.29, 1.82) is 10.5 Å². The number of aldehydes is 1. The smallest absolute Gasteiger partial charge is 0.193 e. The normalized spacial score (nSPS) is 12.9. The van der Waals surface area contributed by atoms with E-state index in [0.717, 1.165) is 81.2 Å². The number of allylic oxidation sites excluding steroid dienone is 5. The molecular formula is C76H108N2O8Si4. The Kier molecular flexibility index (Phi) is 38.4. The molecule has 0 saturated heterocycles. The van der Waals surface area contributed by atoms with Crippen molar-refractivity contribution >= 4 is 56.9 Å². The Morgan fingerprint density at radius 1 is 0.456 bits per heavy atom. The third-order valence-electron chi connectivity index (χ3n) is 13.3. The van der Waals surface area contributed by atoms with Crippen LogP contribution in [0.3, 0.4) is 0 Å². The molecule has 0 aliphatic heterocycles. The highest BCUT2D eigenvalue weighted by Crippen LogP contribution is 2.31. The van der Waals surface area contributed by atoms with Gasteiger partial charge < -0.3 is 22.5 Å². The van der Waals surface area contributed by atoms with Crippen molar-refractivity contribution in [3.05, 3.63) is 240 Å². The first-order chi connectivity index (χ1) is 42.1. The summed E-state index contributed by atoms with van der Waals surface area (Å²) in [5.41, 5.74) is 8.06. The maximum atomic E-state index is 12.9. The average Bonchev–Trinajstić information content (AvgIpc) is 0.894. The zero-order valence-corrected chi connectivity index (χ0v) is 62.0. The van der Waals surface area contributed by atoms with Gasteiger partial charge in [0.2, 0.25) is 0 Å². The van der Waals surface area contributed by atoms with Gasteiger partial charge in [0.25, 0.3) is 0 Å². The number of benzene rings is 5. The standard InChI is InChI=1S/2C17H26O2Si.2C14H19NOSi.C10H10O.C4H8O/c2*1-7-11-14-12-9-10-13-15(14)16(18)17(3,8-2)19-20(4,5)6;2*1-5-8-12-9-6-7-10-13(12)14(11-15)16-17(2,3)4;1-2-5-9-6-3-4-7-10(9)8-11;1-3-4(2)5/h2*7,9-10,12-13H,1,8,11H2,2-6H3;2*5-7,9-10,14H,1,8H2,2-4H3;2-4,6-8H,1,5H2;3H2,1-2H3. The van der Waals surface area contributed by atoms with Crippen LogP contribution in [0.25, 0.3) is 0 Å². The predicted octanol–water partition coefficient (Wildman–Crippen LogP) is 20.1. The van der Waals surface area contributed by atoms with E-state index in [2.05, 4.69) is 124 Å². The molecule has 5 aromatic rings. The number of nitrogens with zero attached hydrogens (tertiary/aromatic N) is 2. The number of carbonyl (C=O) groups excluding carboxylic acids is 4. The fourth-order valence-corrected chi connectivity index (χ4v) is 13.9. The Labute approximate surface area is 548 Å². The van der Waals surface area contributed by atoms with Crippen LogP contribution in [0.2, 0.25) is 78.6 Å². The molecule has 5 aromatic carbocycles. The van der Waals surface area contributed by atoms with Gasteiger partial charge in [0.1, 0.15) is 23.3 Å². The lowest BCUT2D eigenvalue weighted by molar-refractivity contribution is -0.116. The van der Waals surface area contributed by atoms with E-state index in [1.165, 1.54) is 0 Å². The maximum Gasteiger partial charge on any atom is 0.193 e. The van der Waals surface area contributed by atoms with Crippen LogP contribution in [0.4, 0.5) is 0 Å². The summed E-state index contributed by atoms with van der Waals surface area (Å²) in [7, 11) is -7.01. The molecule has 0 aliphatic carbocycles. The molecule has 0 heterocycles. The quantitative estimate of drug-likeness (QED) is 0.0205. The molecule has 486 valence electrons. The SMILES string of the molecule is C=CCc1ccccc1C(=O)C(C)(CC)O[Si](C)(C)C.C=CCc1ccccc1C(=O)C(C)(CC)O[Si](C)(C)C.C=CCc1ccccc1C(C#N)O[Si](C)(C)C.C=CCc1ccccc1C(C#N)O[Si](C)(C)C.C=CCc1ccccc1C=O.CCC(C)=O. The van der Waals surface area contributed by atoms with E-state index in [4.69, 9.17) is 17.7 Å². The van der Waals surface area contributed by atoms with Crippen molar-refractivity contribution < 1.29 is 36.9 Å². The first-order valence-electron chi connectivity index (χ1n) is 31.1. The summed E-state index contributed by atoms with van der Waals surface area (Å²) in [6.45, 7) is 55.1. The third-order valence-corrected chi connectivity index (χ3v) is 17.3. The third kappa shape index (κ3) is 32.3. The Bertz CT molecular complexity index is 2990. The summed E-state index contributed by atoms with van der Waals surface area (Å²) < 4.78 is 24.2. The van der Waals surface area contributed by atoms with Gasteiger partial charge >= 0.3 is 0 Å². The van der Waals surface area contributed by atoms with Gasteiger partial charge in [-0.2, -0.15) is 10.5 Å². The molecule has 90 heavy (non-hydrogen) atoms. The molecule has 0 aromatic heterocycles. The van der Waals surface area contributed by atoms with E-state index in [1.54, 1.807) is 13.0 Å². The minimum Gasteiger partial charge on any atom is -0.405 e. The molecule has 0 amide bonds. The van der Waals surface area contributed by atoms with Crippen LogP contribution in [0, 0.1) is 22.7 Å². The zero-order chi connectivity index (χ0) is 68.9. The van der Waals surface area contributed by atoms with Crippen molar-refractivity contribution in [2.45, 2.75) is 195 Å². The van der Waals surface area contributed by atoms with Crippen molar-refractivity contribution in [3.8, 4) is 12.1 Å². The molecule has 0 N–H and O–H groups in total. The van der Waals surface area contributed by atoms with Crippen LogP contribution in [-0.4, -0.2) is 68.1 Å². The highest BCUT2D eigenvalue weighted by atomic mass is 28.4. The van der Waals surface area contributed by atoms with E-state index in [-0.39, 0.29) is 17.3 Å². The van der Waals surface area contributed by atoms with Gasteiger partial charge in [-0.15, -0.1) is 32.9 Å². The van der Waals surface area contributed by atoms with Gasteiger partial charge in [0.15, 0.2) is 57.0 Å². The molecule has 0 fully saturated rings. The molecule has 10 nitrogen and oxygen atoms in total. The van der Waals surface area contributed by atoms with Crippen LogP contribution in [-0.2, 0) is 54.6 Å². The number of Topliss-reactive ketones (excluding diaryl/α,β-unsaturated/α-hetero) is 3. The van der Waals surface area contributed by atoms with Crippen molar-refractivity contribution in [2.24, 2.45) is 0 Å². The molecular weight excluding hydrogens is 1180 g/mol. The van der Waals surface area contributed by atoms with Gasteiger partial charge in [0.05, 0.1) is 12.1 Å². The first-order valence-corrected chi connectivity index (χ1v) is 44.7. The van der Waals surface area contributed by atoms with Crippen molar-refractivity contribution in [1.82, 2.24) is 0 Å². The monoisotopic (exact) mass is 1290 g/mol. The average molecular weight is 1290 g/mol. The molecule has 0 bridgehead atoms. The van der Waals surface area contributed by atoms with Gasteiger partial charge in [-0.3, -0.25) is 14.4 Å². The molecule has 4 unspecified atom stereocenters. The van der Waals surface area contributed by atoms with Crippen molar-refractivity contribution in [3.63, 3.8) is 0 Å². The summed E-state index contributed by atoms with van der Waals surface area (Å²) in [6, 6.07) is 43.3. The van der Waals surface area contributed by atoms with E-state index in [0.29, 0.717) is 32.1 Å². The fourth-order valence-electron chi connectivity index (χ4n) is 8.91. The number of carbonyl (C=O) groups is 4. The van der Waals surface area contributed by atoms with Crippen LogP contribution in [0.15, 0.2) is 185 Å². The minimum absolute atomic E-state index is 0.0832.